The largest absolute Gasteiger partial charge is 0.496 e. The summed E-state index contributed by atoms with van der Waals surface area (Å²) in [6.45, 7) is 1.15. The summed E-state index contributed by atoms with van der Waals surface area (Å²) in [5.74, 6) is 0.858. The quantitative estimate of drug-likeness (QED) is 0.828. The van der Waals surface area contributed by atoms with E-state index in [0.717, 1.165) is 17.2 Å². The first-order chi connectivity index (χ1) is 9.17. The van der Waals surface area contributed by atoms with E-state index >= 15 is 0 Å². The van der Waals surface area contributed by atoms with E-state index in [-0.39, 0.29) is 5.41 Å². The summed E-state index contributed by atoms with van der Waals surface area (Å²) in [5.41, 5.74) is 3.13. The molecule has 19 heavy (non-hydrogen) atoms. The Morgan fingerprint density at radius 2 is 2.16 bits per heavy atom. The standard InChI is InChI=1S/C16H21NOS/c1-17-10-9-16(8-4-3-5-15(16)17)12-6-7-13(18-2)14(19)11-12/h5-7,11,19H,3-4,8-10H2,1-2H3/t16-/m0/s1. The van der Waals surface area contributed by atoms with Gasteiger partial charge < -0.3 is 9.64 Å². The molecule has 0 N–H and O–H groups in total. The van der Waals surface area contributed by atoms with Gasteiger partial charge in [-0.05, 0) is 43.4 Å². The molecule has 0 bridgehead atoms. The Balaban J connectivity index is 2.07. The SMILES string of the molecule is COc1ccc([C@@]23CCCC=C2N(C)CC3)cc1S. The molecule has 0 spiro atoms. The van der Waals surface area contributed by atoms with Crippen molar-refractivity contribution in [3.05, 3.63) is 35.5 Å². The maximum Gasteiger partial charge on any atom is 0.132 e. The fraction of sp³-hybridized carbons (Fsp3) is 0.500. The average molecular weight is 275 g/mol. The van der Waals surface area contributed by atoms with E-state index in [1.54, 1.807) is 7.11 Å². The highest BCUT2D eigenvalue weighted by molar-refractivity contribution is 7.80. The lowest BCUT2D eigenvalue weighted by Crippen LogP contribution is -2.29. The minimum atomic E-state index is 0.219. The monoisotopic (exact) mass is 275 g/mol. The average Bonchev–Trinajstić information content (AvgIpc) is 2.78. The third-order valence-corrected chi connectivity index (χ3v) is 5.00. The van der Waals surface area contributed by atoms with Crippen molar-refractivity contribution in [1.82, 2.24) is 4.90 Å². The van der Waals surface area contributed by atoms with Crippen molar-refractivity contribution in [3.63, 3.8) is 0 Å². The van der Waals surface area contributed by atoms with E-state index in [1.165, 1.54) is 36.9 Å². The van der Waals surface area contributed by atoms with Gasteiger partial charge in [0.15, 0.2) is 0 Å². The van der Waals surface area contributed by atoms with Crippen LogP contribution in [0.25, 0.3) is 0 Å². The van der Waals surface area contributed by atoms with E-state index < -0.39 is 0 Å². The van der Waals surface area contributed by atoms with Crippen molar-refractivity contribution in [2.75, 3.05) is 20.7 Å². The smallest absolute Gasteiger partial charge is 0.132 e. The van der Waals surface area contributed by atoms with Gasteiger partial charge in [0.2, 0.25) is 0 Å². The molecule has 2 nitrogen and oxygen atoms in total. The summed E-state index contributed by atoms with van der Waals surface area (Å²) in [6.07, 6.45) is 7.40. The summed E-state index contributed by atoms with van der Waals surface area (Å²) in [4.78, 5) is 3.36. The molecule has 102 valence electrons. The topological polar surface area (TPSA) is 12.5 Å². The summed E-state index contributed by atoms with van der Waals surface area (Å²) >= 11 is 4.56. The van der Waals surface area contributed by atoms with E-state index in [1.807, 2.05) is 0 Å². The van der Waals surface area contributed by atoms with Gasteiger partial charge in [0.05, 0.1) is 7.11 Å². The van der Waals surface area contributed by atoms with Gasteiger partial charge in [0.1, 0.15) is 5.75 Å². The van der Waals surface area contributed by atoms with Gasteiger partial charge >= 0.3 is 0 Å². The number of rotatable bonds is 2. The molecule has 2 aliphatic rings. The molecule has 1 heterocycles. The predicted octanol–water partition coefficient (Wildman–Crippen LogP) is 3.63. The van der Waals surface area contributed by atoms with Crippen molar-refractivity contribution in [1.29, 1.82) is 0 Å². The second-order valence-corrected chi connectivity index (χ2v) is 6.10. The third-order valence-electron chi connectivity index (χ3n) is 4.65. The second kappa shape index (κ2) is 4.78. The highest BCUT2D eigenvalue weighted by atomic mass is 32.1. The number of allylic oxidation sites excluding steroid dienone is 2. The van der Waals surface area contributed by atoms with Crippen molar-refractivity contribution in [2.45, 2.75) is 36.0 Å². The van der Waals surface area contributed by atoms with Crippen LogP contribution >= 0.6 is 12.6 Å². The number of ether oxygens (including phenoxy) is 1. The van der Waals surface area contributed by atoms with Gasteiger partial charge in [-0.25, -0.2) is 0 Å². The number of nitrogens with zero attached hydrogens (tertiary/aromatic N) is 1. The maximum atomic E-state index is 5.32. The molecule has 0 aromatic heterocycles. The highest BCUT2D eigenvalue weighted by Gasteiger charge is 2.43. The molecular weight excluding hydrogens is 254 g/mol. The van der Waals surface area contributed by atoms with Crippen LogP contribution in [-0.2, 0) is 5.41 Å². The van der Waals surface area contributed by atoms with Crippen molar-refractivity contribution in [3.8, 4) is 5.75 Å². The molecule has 0 radical (unpaired) electrons. The van der Waals surface area contributed by atoms with Crippen LogP contribution in [0.15, 0.2) is 34.9 Å². The van der Waals surface area contributed by atoms with Crippen LogP contribution in [0.4, 0.5) is 0 Å². The van der Waals surface area contributed by atoms with Crippen LogP contribution in [0.3, 0.4) is 0 Å². The molecule has 1 aliphatic carbocycles. The zero-order chi connectivity index (χ0) is 13.5. The second-order valence-electron chi connectivity index (χ2n) is 5.62. The first-order valence-electron chi connectivity index (χ1n) is 6.97. The van der Waals surface area contributed by atoms with Crippen LogP contribution in [-0.4, -0.2) is 25.6 Å². The van der Waals surface area contributed by atoms with Crippen LogP contribution in [0.1, 0.15) is 31.2 Å². The Hall–Kier alpha value is -1.09. The molecule has 0 unspecified atom stereocenters. The maximum absolute atomic E-state index is 5.32. The third kappa shape index (κ3) is 1.95. The van der Waals surface area contributed by atoms with Crippen molar-refractivity contribution in [2.24, 2.45) is 0 Å². The molecule has 0 saturated carbocycles. The fourth-order valence-corrected chi connectivity index (χ4v) is 3.95. The Labute approximate surface area is 120 Å². The van der Waals surface area contributed by atoms with E-state index in [0.29, 0.717) is 0 Å². The Bertz CT molecular complexity index is 525. The molecule has 1 aliphatic heterocycles. The lowest BCUT2D eigenvalue weighted by atomic mass is 9.71. The summed E-state index contributed by atoms with van der Waals surface area (Å²) in [5, 5.41) is 0. The molecule has 3 rings (SSSR count). The Kier molecular flexibility index (Phi) is 3.25. The van der Waals surface area contributed by atoms with Gasteiger partial charge in [-0.15, -0.1) is 12.6 Å². The highest BCUT2D eigenvalue weighted by Crippen LogP contribution is 2.49. The fourth-order valence-electron chi connectivity index (χ4n) is 3.64. The molecule has 1 aromatic carbocycles. The van der Waals surface area contributed by atoms with Crippen molar-refractivity contribution >= 4 is 12.6 Å². The van der Waals surface area contributed by atoms with Gasteiger partial charge in [0.25, 0.3) is 0 Å². The van der Waals surface area contributed by atoms with E-state index in [2.05, 4.69) is 48.9 Å². The van der Waals surface area contributed by atoms with Gasteiger partial charge in [-0.3, -0.25) is 0 Å². The Morgan fingerprint density at radius 1 is 1.32 bits per heavy atom. The summed E-state index contributed by atoms with van der Waals surface area (Å²) < 4.78 is 5.32. The van der Waals surface area contributed by atoms with E-state index in [4.69, 9.17) is 4.74 Å². The summed E-state index contributed by atoms with van der Waals surface area (Å²) in [6, 6.07) is 6.47. The lowest BCUT2D eigenvalue weighted by molar-refractivity contribution is 0.398. The molecule has 1 fully saturated rings. The summed E-state index contributed by atoms with van der Waals surface area (Å²) in [7, 11) is 3.91. The molecule has 1 saturated heterocycles. The number of hydrogen-bond donors (Lipinski definition) is 1. The van der Waals surface area contributed by atoms with Crippen LogP contribution in [0.5, 0.6) is 5.75 Å². The molecule has 3 heteroatoms. The zero-order valence-corrected chi connectivity index (χ0v) is 12.5. The van der Waals surface area contributed by atoms with Gasteiger partial charge in [-0.2, -0.15) is 0 Å². The minimum absolute atomic E-state index is 0.219. The van der Waals surface area contributed by atoms with Crippen LogP contribution in [0.2, 0.25) is 0 Å². The minimum Gasteiger partial charge on any atom is -0.496 e. The van der Waals surface area contributed by atoms with Crippen LogP contribution in [0, 0.1) is 0 Å². The molecule has 0 amide bonds. The van der Waals surface area contributed by atoms with Crippen molar-refractivity contribution < 1.29 is 4.74 Å². The van der Waals surface area contributed by atoms with Crippen LogP contribution < -0.4 is 4.74 Å². The first-order valence-corrected chi connectivity index (χ1v) is 7.41. The molecule has 1 aromatic rings. The normalized spacial score (nSPS) is 26.1. The molecule has 1 atom stereocenters. The Morgan fingerprint density at radius 3 is 2.89 bits per heavy atom. The first kappa shape index (κ1) is 12.9. The predicted molar refractivity (Wildman–Crippen MR) is 81.1 cm³/mol. The number of fused-ring (bicyclic) bond motifs is 1. The van der Waals surface area contributed by atoms with Gasteiger partial charge in [-0.1, -0.05) is 12.1 Å². The number of methoxy groups -OCH3 is 1. The van der Waals surface area contributed by atoms with Gasteiger partial charge in [0, 0.05) is 29.6 Å². The zero-order valence-electron chi connectivity index (χ0n) is 11.6. The number of hydrogen-bond acceptors (Lipinski definition) is 3. The van der Waals surface area contributed by atoms with E-state index in [9.17, 15) is 0 Å². The number of thiol groups is 1. The number of likely N-dealkylation sites (tertiary alicyclic amines) is 1. The number of likely N-dealkylation sites (N-methyl/N-ethyl adjacent to an activating group) is 1. The number of benzene rings is 1. The lowest BCUT2D eigenvalue weighted by Gasteiger charge is -2.36. The molecular formula is C16H21NOS.